The molecule has 0 N–H and O–H groups in total. The molecule has 1 atom stereocenters. The Bertz CT molecular complexity index is 863. The zero-order chi connectivity index (χ0) is 21.1. The molecule has 30 heavy (non-hydrogen) atoms. The highest BCUT2D eigenvalue weighted by Crippen LogP contribution is 2.31. The average molecular weight is 411 g/mol. The zero-order valence-corrected chi connectivity index (χ0v) is 18.0. The summed E-state index contributed by atoms with van der Waals surface area (Å²) < 4.78 is 11.9. The van der Waals surface area contributed by atoms with Gasteiger partial charge in [-0.25, -0.2) is 4.98 Å². The van der Waals surface area contributed by atoms with E-state index < -0.39 is 6.10 Å². The van der Waals surface area contributed by atoms with E-state index in [1.54, 1.807) is 11.1 Å². The van der Waals surface area contributed by atoms with Crippen LogP contribution in [0.3, 0.4) is 0 Å². The quantitative estimate of drug-likeness (QED) is 0.730. The third-order valence-electron chi connectivity index (χ3n) is 5.50. The van der Waals surface area contributed by atoms with Gasteiger partial charge >= 0.3 is 0 Å². The molecule has 2 aliphatic rings. The van der Waals surface area contributed by atoms with Crippen molar-refractivity contribution >= 4 is 17.4 Å². The van der Waals surface area contributed by atoms with Crippen molar-refractivity contribution in [3.05, 3.63) is 42.6 Å². The van der Waals surface area contributed by atoms with Crippen molar-refractivity contribution < 1.29 is 14.3 Å². The molecule has 7 heteroatoms. The summed E-state index contributed by atoms with van der Waals surface area (Å²) in [5, 5.41) is 0. The maximum atomic E-state index is 13.0. The van der Waals surface area contributed by atoms with Gasteiger partial charge in [-0.05, 0) is 57.3 Å². The van der Waals surface area contributed by atoms with Gasteiger partial charge in [0.15, 0.2) is 17.7 Å². The summed E-state index contributed by atoms with van der Waals surface area (Å²) in [6, 6.07) is 11.4. The molecule has 2 saturated heterocycles. The van der Waals surface area contributed by atoms with Gasteiger partial charge in [0.2, 0.25) is 0 Å². The number of carbonyl (C=O) groups excluding carboxylic acids is 1. The lowest BCUT2D eigenvalue weighted by Crippen LogP contribution is -2.45. The monoisotopic (exact) mass is 410 g/mol. The van der Waals surface area contributed by atoms with Gasteiger partial charge in [0.1, 0.15) is 5.75 Å². The number of nitrogens with zero attached hydrogens (tertiary/aromatic N) is 4. The molecule has 0 bridgehead atoms. The van der Waals surface area contributed by atoms with Crippen molar-refractivity contribution in [2.24, 2.45) is 0 Å². The molecule has 7 nitrogen and oxygen atoms in total. The van der Waals surface area contributed by atoms with Crippen LogP contribution in [-0.2, 0) is 4.79 Å². The normalized spacial score (nSPS) is 20.1. The number of piperazine rings is 1. The van der Waals surface area contributed by atoms with Gasteiger partial charge in [-0.1, -0.05) is 0 Å². The van der Waals surface area contributed by atoms with Crippen LogP contribution in [0.1, 0.15) is 20.3 Å². The van der Waals surface area contributed by atoms with Crippen LogP contribution in [0.2, 0.25) is 0 Å². The minimum absolute atomic E-state index is 0.0132. The van der Waals surface area contributed by atoms with E-state index in [1.807, 2.05) is 50.2 Å². The lowest BCUT2D eigenvalue weighted by atomic mass is 10.2. The van der Waals surface area contributed by atoms with E-state index in [0.717, 1.165) is 43.4 Å². The van der Waals surface area contributed by atoms with E-state index >= 15 is 0 Å². The van der Waals surface area contributed by atoms with Crippen LogP contribution in [0.5, 0.6) is 11.5 Å². The molecular formula is C23H30N4O3. The fraction of sp³-hybridized carbons (Fsp3) is 0.478. The van der Waals surface area contributed by atoms with Gasteiger partial charge in [-0.15, -0.1) is 0 Å². The molecule has 2 aromatic rings. The first kappa shape index (κ1) is 20.5. The summed E-state index contributed by atoms with van der Waals surface area (Å²) >= 11 is 0. The summed E-state index contributed by atoms with van der Waals surface area (Å²) in [6.45, 7) is 8.41. The van der Waals surface area contributed by atoms with Gasteiger partial charge in [0, 0.05) is 51.0 Å². The number of pyridine rings is 1. The molecule has 1 amide bonds. The topological polar surface area (TPSA) is 58.1 Å². The molecule has 160 valence electrons. The molecule has 0 aliphatic carbocycles. The lowest BCUT2D eigenvalue weighted by Gasteiger charge is -2.34. The summed E-state index contributed by atoms with van der Waals surface area (Å²) in [6.07, 6.45) is 2.06. The number of rotatable bonds is 6. The van der Waals surface area contributed by atoms with Crippen molar-refractivity contribution in [1.29, 1.82) is 0 Å². The van der Waals surface area contributed by atoms with Crippen molar-refractivity contribution in [1.82, 2.24) is 9.88 Å². The number of hydrogen-bond acceptors (Lipinski definition) is 6. The maximum Gasteiger partial charge on any atom is 0.268 e. The molecule has 0 saturated carbocycles. The van der Waals surface area contributed by atoms with Gasteiger partial charge < -0.3 is 24.2 Å². The van der Waals surface area contributed by atoms with Gasteiger partial charge in [-0.2, -0.15) is 0 Å². The smallest absolute Gasteiger partial charge is 0.268 e. The molecule has 0 radical (unpaired) electrons. The van der Waals surface area contributed by atoms with Crippen molar-refractivity contribution in [3.8, 4) is 11.5 Å². The summed E-state index contributed by atoms with van der Waals surface area (Å²) in [4.78, 5) is 23.9. The van der Waals surface area contributed by atoms with E-state index in [9.17, 15) is 4.79 Å². The fourth-order valence-electron chi connectivity index (χ4n) is 3.88. The van der Waals surface area contributed by atoms with E-state index in [4.69, 9.17) is 9.47 Å². The van der Waals surface area contributed by atoms with Crippen LogP contribution in [0.4, 0.5) is 11.5 Å². The predicted octanol–water partition coefficient (Wildman–Crippen LogP) is 2.80. The molecule has 1 aromatic carbocycles. The average Bonchev–Trinajstić information content (AvgIpc) is 3.10. The highest BCUT2D eigenvalue weighted by molar-refractivity contribution is 5.99. The number of aromatic nitrogens is 1. The standard InChI is InChI=1S/C23H30N4O3/c1-17(2)29-19-8-6-18(7-9-19)27-12-10-21(23(27)28)30-20-5-4-11-24-22(20)26-15-13-25(3)14-16-26/h4-9,11,17,21H,10,12-16H2,1-3H3. The Morgan fingerprint density at radius 1 is 1.03 bits per heavy atom. The minimum atomic E-state index is -0.494. The number of ether oxygens (including phenoxy) is 2. The molecule has 1 aromatic heterocycles. The number of carbonyl (C=O) groups is 1. The van der Waals surface area contributed by atoms with E-state index in [1.165, 1.54) is 0 Å². The molecule has 3 heterocycles. The van der Waals surface area contributed by atoms with Crippen LogP contribution in [-0.4, -0.2) is 67.8 Å². The van der Waals surface area contributed by atoms with E-state index in [2.05, 4.69) is 21.8 Å². The molecule has 1 unspecified atom stereocenters. The van der Waals surface area contributed by atoms with Gasteiger partial charge in [0.25, 0.3) is 5.91 Å². The first-order chi connectivity index (χ1) is 14.5. The van der Waals surface area contributed by atoms with Crippen LogP contribution in [0, 0.1) is 0 Å². The third kappa shape index (κ3) is 4.51. The molecular weight excluding hydrogens is 380 g/mol. The predicted molar refractivity (Wildman–Crippen MR) is 118 cm³/mol. The molecule has 2 aliphatic heterocycles. The second-order valence-corrected chi connectivity index (χ2v) is 8.16. The third-order valence-corrected chi connectivity index (χ3v) is 5.50. The number of likely N-dealkylation sites (N-methyl/N-ethyl adjacent to an activating group) is 1. The first-order valence-electron chi connectivity index (χ1n) is 10.6. The Morgan fingerprint density at radius 3 is 2.47 bits per heavy atom. The minimum Gasteiger partial charge on any atom is -0.491 e. The maximum absolute atomic E-state index is 13.0. The van der Waals surface area contributed by atoms with Crippen molar-refractivity contribution in [2.75, 3.05) is 49.6 Å². The SMILES string of the molecule is CC(C)Oc1ccc(N2CCC(Oc3cccnc3N3CCN(C)CC3)C2=O)cc1. The Balaban J connectivity index is 1.44. The highest BCUT2D eigenvalue weighted by Gasteiger charge is 2.35. The highest BCUT2D eigenvalue weighted by atomic mass is 16.5. The second kappa shape index (κ2) is 8.92. The van der Waals surface area contributed by atoms with E-state index in [-0.39, 0.29) is 12.0 Å². The number of anilines is 2. The number of benzene rings is 1. The summed E-state index contributed by atoms with van der Waals surface area (Å²) in [5.74, 6) is 2.30. The fourth-order valence-corrected chi connectivity index (χ4v) is 3.88. The molecule has 2 fully saturated rings. The number of amides is 1. The van der Waals surface area contributed by atoms with Gasteiger partial charge in [0.05, 0.1) is 6.10 Å². The van der Waals surface area contributed by atoms with Crippen molar-refractivity contribution in [3.63, 3.8) is 0 Å². The largest absolute Gasteiger partial charge is 0.491 e. The number of hydrogen-bond donors (Lipinski definition) is 0. The van der Waals surface area contributed by atoms with Crippen LogP contribution in [0.25, 0.3) is 0 Å². The van der Waals surface area contributed by atoms with Crippen LogP contribution >= 0.6 is 0 Å². The van der Waals surface area contributed by atoms with E-state index in [0.29, 0.717) is 18.7 Å². The lowest BCUT2D eigenvalue weighted by molar-refractivity contribution is -0.122. The summed E-state index contributed by atoms with van der Waals surface area (Å²) in [7, 11) is 2.13. The van der Waals surface area contributed by atoms with Crippen molar-refractivity contribution in [2.45, 2.75) is 32.5 Å². The summed E-state index contributed by atoms with van der Waals surface area (Å²) in [5.41, 5.74) is 0.868. The van der Waals surface area contributed by atoms with Gasteiger partial charge in [-0.3, -0.25) is 4.79 Å². The molecule has 0 spiro atoms. The second-order valence-electron chi connectivity index (χ2n) is 8.16. The van der Waals surface area contributed by atoms with Crippen LogP contribution in [0.15, 0.2) is 42.6 Å². The Labute approximate surface area is 178 Å². The van der Waals surface area contributed by atoms with Crippen LogP contribution < -0.4 is 19.3 Å². The molecule has 4 rings (SSSR count). The first-order valence-corrected chi connectivity index (χ1v) is 10.6. The Morgan fingerprint density at radius 2 is 1.77 bits per heavy atom. The zero-order valence-electron chi connectivity index (χ0n) is 18.0. The Hall–Kier alpha value is -2.80. The Kier molecular flexibility index (Phi) is 6.08.